The lowest BCUT2D eigenvalue weighted by molar-refractivity contribution is -0.117. The number of thioether (sulfide) groups is 1. The fourth-order valence-corrected chi connectivity index (χ4v) is 5.41. The summed E-state index contributed by atoms with van der Waals surface area (Å²) in [6.45, 7) is 2.08. The van der Waals surface area contributed by atoms with Gasteiger partial charge in [0.05, 0.1) is 10.3 Å². The second kappa shape index (κ2) is 8.39. The van der Waals surface area contributed by atoms with Gasteiger partial charge in [0.2, 0.25) is 11.0 Å². The van der Waals surface area contributed by atoms with Gasteiger partial charge in [-0.25, -0.2) is 0 Å². The maximum absolute atomic E-state index is 12.8. The molecule has 2 aromatic carbocycles. The number of hydrogen-bond acceptors (Lipinski definition) is 7. The van der Waals surface area contributed by atoms with Gasteiger partial charge in [-0.3, -0.25) is 9.69 Å². The number of anilines is 2. The van der Waals surface area contributed by atoms with E-state index in [-0.39, 0.29) is 23.1 Å². The monoisotopic (exact) mass is 466 g/mol. The van der Waals surface area contributed by atoms with Crippen LogP contribution in [0.15, 0.2) is 42.5 Å². The SMILES string of the molecule is CC1SC(c2ccc(N)cc2)N(c2nnc(COc3ccc(Cl)cc3Cl)s2)C1=O. The quantitative estimate of drug-likeness (QED) is 0.522. The fraction of sp³-hybridized carbons (Fsp3) is 0.211. The topological polar surface area (TPSA) is 81.3 Å². The largest absolute Gasteiger partial charge is 0.485 e. The van der Waals surface area contributed by atoms with Gasteiger partial charge in [-0.05, 0) is 42.8 Å². The number of nitrogen functional groups attached to an aromatic ring is 1. The second-order valence-corrected chi connectivity index (χ2v) is 9.66. The van der Waals surface area contributed by atoms with Crippen LogP contribution in [0.3, 0.4) is 0 Å². The third kappa shape index (κ3) is 4.30. The van der Waals surface area contributed by atoms with E-state index in [0.29, 0.717) is 31.6 Å². The Hall–Kier alpha value is -2.00. The van der Waals surface area contributed by atoms with Gasteiger partial charge in [-0.15, -0.1) is 22.0 Å². The highest BCUT2D eigenvalue weighted by Crippen LogP contribution is 2.46. The molecule has 1 aromatic heterocycles. The molecule has 4 rings (SSSR count). The van der Waals surface area contributed by atoms with Gasteiger partial charge in [0.1, 0.15) is 17.7 Å². The van der Waals surface area contributed by atoms with Crippen LogP contribution in [0.2, 0.25) is 10.0 Å². The predicted molar refractivity (Wildman–Crippen MR) is 119 cm³/mol. The van der Waals surface area contributed by atoms with Gasteiger partial charge in [-0.1, -0.05) is 46.7 Å². The van der Waals surface area contributed by atoms with Crippen LogP contribution in [0.25, 0.3) is 0 Å². The van der Waals surface area contributed by atoms with Crippen LogP contribution < -0.4 is 15.4 Å². The third-order valence-electron chi connectivity index (χ3n) is 4.28. The van der Waals surface area contributed by atoms with Gasteiger partial charge in [-0.2, -0.15) is 0 Å². The first-order chi connectivity index (χ1) is 13.9. The minimum Gasteiger partial charge on any atom is -0.485 e. The maximum atomic E-state index is 12.8. The average Bonchev–Trinajstić information content (AvgIpc) is 3.26. The number of aromatic nitrogens is 2. The lowest BCUT2D eigenvalue weighted by Gasteiger charge is -2.21. The Kier molecular flexibility index (Phi) is 5.87. The highest BCUT2D eigenvalue weighted by molar-refractivity contribution is 8.01. The summed E-state index contributed by atoms with van der Waals surface area (Å²) < 4.78 is 5.72. The van der Waals surface area contributed by atoms with Crippen LogP contribution in [0.1, 0.15) is 22.9 Å². The first-order valence-electron chi connectivity index (χ1n) is 8.66. The Labute approximate surface area is 186 Å². The molecule has 0 saturated carbocycles. The number of halogens is 2. The van der Waals surface area contributed by atoms with Crippen molar-refractivity contribution in [1.82, 2.24) is 10.2 Å². The molecule has 0 spiro atoms. The fourth-order valence-electron chi connectivity index (χ4n) is 2.84. The van der Waals surface area contributed by atoms with Crippen LogP contribution in [0.4, 0.5) is 10.8 Å². The van der Waals surface area contributed by atoms with Gasteiger partial charge in [0, 0.05) is 10.7 Å². The molecule has 1 saturated heterocycles. The van der Waals surface area contributed by atoms with E-state index in [2.05, 4.69) is 10.2 Å². The molecule has 0 aliphatic carbocycles. The molecular weight excluding hydrogens is 451 g/mol. The van der Waals surface area contributed by atoms with Crippen LogP contribution in [-0.4, -0.2) is 21.4 Å². The van der Waals surface area contributed by atoms with Crippen LogP contribution in [0, 0.1) is 0 Å². The first kappa shape index (κ1) is 20.3. The molecule has 2 atom stereocenters. The molecule has 0 radical (unpaired) electrons. The summed E-state index contributed by atoms with van der Waals surface area (Å²) in [6.07, 6.45) is 0. The molecule has 1 fully saturated rings. The van der Waals surface area contributed by atoms with Crippen LogP contribution in [0.5, 0.6) is 5.75 Å². The molecule has 1 aliphatic heterocycles. The summed E-state index contributed by atoms with van der Waals surface area (Å²) in [5, 5.41) is 10.2. The number of carbonyl (C=O) groups excluding carboxylic acids is 1. The Morgan fingerprint density at radius 2 is 1.93 bits per heavy atom. The zero-order valence-electron chi connectivity index (χ0n) is 15.2. The van der Waals surface area contributed by atoms with Crippen molar-refractivity contribution in [2.24, 2.45) is 0 Å². The van der Waals surface area contributed by atoms with Crippen LogP contribution >= 0.6 is 46.3 Å². The van der Waals surface area contributed by atoms with E-state index in [4.69, 9.17) is 33.7 Å². The van der Waals surface area contributed by atoms with E-state index in [1.54, 1.807) is 34.9 Å². The zero-order chi connectivity index (χ0) is 20.5. The Bertz CT molecular complexity index is 1040. The minimum absolute atomic E-state index is 0.00110. The molecule has 150 valence electrons. The molecule has 10 heteroatoms. The van der Waals surface area contributed by atoms with Crippen molar-refractivity contribution in [2.75, 3.05) is 10.6 Å². The second-order valence-electron chi connectivity index (χ2n) is 6.35. The smallest absolute Gasteiger partial charge is 0.242 e. The third-order valence-corrected chi connectivity index (χ3v) is 7.06. The van der Waals surface area contributed by atoms with E-state index in [1.807, 2.05) is 31.2 Å². The predicted octanol–water partition coefficient (Wildman–Crippen LogP) is 5.17. The molecular formula is C19H16Cl2N4O2S2. The normalized spacial score (nSPS) is 19.0. The molecule has 1 aliphatic rings. The van der Waals surface area contributed by atoms with E-state index in [0.717, 1.165) is 5.56 Å². The highest BCUT2D eigenvalue weighted by Gasteiger charge is 2.41. The lowest BCUT2D eigenvalue weighted by Crippen LogP contribution is -2.30. The molecule has 29 heavy (non-hydrogen) atoms. The van der Waals surface area contributed by atoms with Crippen molar-refractivity contribution in [2.45, 2.75) is 24.2 Å². The van der Waals surface area contributed by atoms with E-state index in [9.17, 15) is 4.79 Å². The molecule has 6 nitrogen and oxygen atoms in total. The average molecular weight is 467 g/mol. The summed E-state index contributed by atoms with van der Waals surface area (Å²) in [5.41, 5.74) is 7.46. The van der Waals surface area contributed by atoms with E-state index < -0.39 is 0 Å². The van der Waals surface area contributed by atoms with Crippen molar-refractivity contribution < 1.29 is 9.53 Å². The number of nitrogens with zero attached hydrogens (tertiary/aromatic N) is 3. The summed E-state index contributed by atoms with van der Waals surface area (Å²) >= 11 is 14.9. The zero-order valence-corrected chi connectivity index (χ0v) is 18.4. The van der Waals surface area contributed by atoms with E-state index >= 15 is 0 Å². The Balaban J connectivity index is 1.53. The highest BCUT2D eigenvalue weighted by atomic mass is 35.5. The summed E-state index contributed by atoms with van der Waals surface area (Å²) in [4.78, 5) is 14.5. The Morgan fingerprint density at radius 1 is 1.17 bits per heavy atom. The number of rotatable bonds is 5. The molecule has 0 bridgehead atoms. The minimum atomic E-state index is -0.175. The maximum Gasteiger partial charge on any atom is 0.242 e. The number of hydrogen-bond donors (Lipinski definition) is 1. The van der Waals surface area contributed by atoms with Crippen molar-refractivity contribution in [3.63, 3.8) is 0 Å². The number of ether oxygens (including phenoxy) is 1. The summed E-state index contributed by atoms with van der Waals surface area (Å²) in [6, 6.07) is 12.5. The van der Waals surface area contributed by atoms with Crippen molar-refractivity contribution >= 4 is 63.0 Å². The number of amides is 1. The van der Waals surface area contributed by atoms with E-state index in [1.165, 1.54) is 11.3 Å². The number of benzene rings is 2. The summed E-state index contributed by atoms with van der Waals surface area (Å²) in [7, 11) is 0. The number of carbonyl (C=O) groups is 1. The number of nitrogens with two attached hydrogens (primary N) is 1. The molecule has 3 aromatic rings. The molecule has 1 amide bonds. The van der Waals surface area contributed by atoms with Crippen molar-refractivity contribution in [3.05, 3.63) is 63.1 Å². The van der Waals surface area contributed by atoms with Crippen molar-refractivity contribution in [3.8, 4) is 5.75 Å². The summed E-state index contributed by atoms with van der Waals surface area (Å²) in [5.74, 6) is 0.509. The van der Waals surface area contributed by atoms with Crippen LogP contribution in [-0.2, 0) is 11.4 Å². The molecule has 2 unspecified atom stereocenters. The van der Waals surface area contributed by atoms with Gasteiger partial charge in [0.25, 0.3) is 0 Å². The van der Waals surface area contributed by atoms with Gasteiger partial charge >= 0.3 is 0 Å². The van der Waals surface area contributed by atoms with Gasteiger partial charge in [0.15, 0.2) is 5.01 Å². The molecule has 2 N–H and O–H groups in total. The van der Waals surface area contributed by atoms with Gasteiger partial charge < -0.3 is 10.5 Å². The Morgan fingerprint density at radius 3 is 2.66 bits per heavy atom. The standard InChI is InChI=1S/C19H16Cl2N4O2S2/c1-10-17(26)25(18(28-10)11-2-5-13(22)6-3-11)19-24-23-16(29-19)9-27-15-7-4-12(20)8-14(15)21/h2-8,10,18H,9,22H2,1H3. The van der Waals surface area contributed by atoms with Crippen molar-refractivity contribution in [1.29, 1.82) is 0 Å². The lowest BCUT2D eigenvalue weighted by atomic mass is 10.2. The first-order valence-corrected chi connectivity index (χ1v) is 11.2. The molecule has 2 heterocycles.